The van der Waals surface area contributed by atoms with Crippen molar-refractivity contribution in [2.45, 2.75) is 25.8 Å². The third-order valence-corrected chi connectivity index (χ3v) is 4.62. The Balaban J connectivity index is 0.00000242. The fourth-order valence-corrected chi connectivity index (χ4v) is 3.13. The molecule has 8 heteroatoms. The number of halogens is 2. The van der Waals surface area contributed by atoms with Crippen molar-refractivity contribution in [2.24, 2.45) is 11.7 Å². The lowest BCUT2D eigenvalue weighted by Gasteiger charge is -2.33. The minimum atomic E-state index is -0.479. The molecule has 0 bridgehead atoms. The number of likely N-dealkylation sites (tertiary alicyclic amines) is 1. The Bertz CT molecular complexity index is 560. The van der Waals surface area contributed by atoms with Crippen LogP contribution in [0.2, 0.25) is 0 Å². The van der Waals surface area contributed by atoms with Crippen molar-refractivity contribution in [2.75, 3.05) is 13.1 Å². The number of rotatable bonds is 3. The lowest BCUT2D eigenvalue weighted by atomic mass is 9.90. The van der Waals surface area contributed by atoms with Crippen LogP contribution < -0.4 is 5.73 Å². The Morgan fingerprint density at radius 3 is 2.50 bits per heavy atom. The van der Waals surface area contributed by atoms with Gasteiger partial charge in [-0.3, -0.25) is 14.9 Å². The number of amides is 1. The van der Waals surface area contributed by atoms with Crippen LogP contribution in [0.1, 0.15) is 30.1 Å². The van der Waals surface area contributed by atoms with E-state index in [9.17, 15) is 14.9 Å². The van der Waals surface area contributed by atoms with Gasteiger partial charge in [-0.05, 0) is 47.7 Å². The number of nitrogens with two attached hydrogens (primary N) is 1. The molecule has 122 valence electrons. The summed E-state index contributed by atoms with van der Waals surface area (Å²) in [6.07, 6.45) is 1.79. The molecule has 1 saturated heterocycles. The zero-order chi connectivity index (χ0) is 15.6. The molecule has 1 aromatic carbocycles. The Kier molecular flexibility index (Phi) is 6.77. The van der Waals surface area contributed by atoms with Crippen LogP contribution in [0.5, 0.6) is 0 Å². The molecule has 0 radical (unpaired) electrons. The first-order valence-electron chi connectivity index (χ1n) is 6.89. The molecule has 1 unspecified atom stereocenters. The molecule has 0 saturated carbocycles. The predicted octanol–water partition coefficient (Wildman–Crippen LogP) is 2.98. The summed E-state index contributed by atoms with van der Waals surface area (Å²) in [6, 6.07) is 4.37. The molecular formula is C14H19BrClN3O3. The van der Waals surface area contributed by atoms with Crippen LogP contribution >= 0.6 is 28.3 Å². The lowest BCUT2D eigenvalue weighted by molar-refractivity contribution is -0.384. The maximum absolute atomic E-state index is 12.5. The van der Waals surface area contributed by atoms with Crippen LogP contribution in [0.25, 0.3) is 0 Å². The van der Waals surface area contributed by atoms with Gasteiger partial charge in [0.2, 0.25) is 0 Å². The maximum atomic E-state index is 12.5. The van der Waals surface area contributed by atoms with E-state index in [1.807, 2.05) is 6.92 Å². The number of carbonyl (C=O) groups is 1. The van der Waals surface area contributed by atoms with Crippen molar-refractivity contribution in [3.8, 4) is 0 Å². The molecule has 2 rings (SSSR count). The topological polar surface area (TPSA) is 89.5 Å². The van der Waals surface area contributed by atoms with Gasteiger partial charge in [-0.1, -0.05) is 0 Å². The van der Waals surface area contributed by atoms with E-state index in [1.54, 1.807) is 4.90 Å². The fourth-order valence-electron chi connectivity index (χ4n) is 2.59. The van der Waals surface area contributed by atoms with E-state index >= 15 is 0 Å². The SMILES string of the molecule is CC(N)C1CCN(C(=O)c2ccc([N+](=O)[O-])cc2Br)CC1.Cl. The standard InChI is InChI=1S/C14H18BrN3O3.ClH/c1-9(16)10-4-6-17(7-5-10)14(19)12-3-2-11(18(20)21)8-13(12)15;/h2-3,8-10H,4-7,16H2,1H3;1H. The first-order valence-corrected chi connectivity index (χ1v) is 7.68. The van der Waals surface area contributed by atoms with Gasteiger partial charge in [0, 0.05) is 35.7 Å². The minimum Gasteiger partial charge on any atom is -0.339 e. The molecule has 22 heavy (non-hydrogen) atoms. The summed E-state index contributed by atoms with van der Waals surface area (Å²) in [4.78, 5) is 24.5. The maximum Gasteiger partial charge on any atom is 0.270 e. The summed E-state index contributed by atoms with van der Waals surface area (Å²) in [7, 11) is 0. The number of nitro benzene ring substituents is 1. The van der Waals surface area contributed by atoms with Gasteiger partial charge in [0.25, 0.3) is 11.6 Å². The summed E-state index contributed by atoms with van der Waals surface area (Å²) < 4.78 is 0.455. The molecule has 0 aliphatic carbocycles. The predicted molar refractivity (Wildman–Crippen MR) is 90.3 cm³/mol. The van der Waals surface area contributed by atoms with E-state index in [0.717, 1.165) is 12.8 Å². The summed E-state index contributed by atoms with van der Waals surface area (Å²) >= 11 is 3.25. The number of carbonyl (C=O) groups excluding carboxylic acids is 1. The monoisotopic (exact) mass is 391 g/mol. The molecule has 6 nitrogen and oxygen atoms in total. The van der Waals surface area contributed by atoms with E-state index in [1.165, 1.54) is 18.2 Å². The van der Waals surface area contributed by atoms with E-state index < -0.39 is 4.92 Å². The van der Waals surface area contributed by atoms with E-state index in [4.69, 9.17) is 5.73 Å². The first-order chi connectivity index (χ1) is 9.90. The molecule has 2 N–H and O–H groups in total. The van der Waals surface area contributed by atoms with Gasteiger partial charge in [-0.15, -0.1) is 12.4 Å². The van der Waals surface area contributed by atoms with E-state index in [-0.39, 0.29) is 30.0 Å². The molecule has 1 aromatic rings. The largest absolute Gasteiger partial charge is 0.339 e. The number of hydrogen-bond donors (Lipinski definition) is 1. The Hall–Kier alpha value is -1.18. The number of hydrogen-bond acceptors (Lipinski definition) is 4. The van der Waals surface area contributed by atoms with Gasteiger partial charge >= 0.3 is 0 Å². The molecule has 1 atom stereocenters. The average molecular weight is 393 g/mol. The van der Waals surface area contributed by atoms with Crippen molar-refractivity contribution in [1.29, 1.82) is 0 Å². The molecule has 1 heterocycles. The molecule has 1 aliphatic heterocycles. The second-order valence-corrected chi connectivity index (χ2v) is 6.26. The van der Waals surface area contributed by atoms with Gasteiger partial charge in [0.15, 0.2) is 0 Å². The van der Waals surface area contributed by atoms with Crippen LogP contribution in [0.15, 0.2) is 22.7 Å². The summed E-state index contributed by atoms with van der Waals surface area (Å²) in [5, 5.41) is 10.7. The lowest BCUT2D eigenvalue weighted by Crippen LogP contribution is -2.42. The molecule has 1 amide bonds. The highest BCUT2D eigenvalue weighted by Crippen LogP contribution is 2.26. The molecule has 0 aromatic heterocycles. The van der Waals surface area contributed by atoms with Crippen LogP contribution in [0.4, 0.5) is 5.69 Å². The van der Waals surface area contributed by atoms with Crippen molar-refractivity contribution >= 4 is 39.9 Å². The number of non-ortho nitro benzene ring substituents is 1. The average Bonchev–Trinajstić information content (AvgIpc) is 2.46. The highest BCUT2D eigenvalue weighted by Gasteiger charge is 2.26. The zero-order valence-electron chi connectivity index (χ0n) is 12.2. The van der Waals surface area contributed by atoms with Crippen LogP contribution in [-0.4, -0.2) is 34.9 Å². The number of benzene rings is 1. The van der Waals surface area contributed by atoms with Crippen molar-refractivity contribution < 1.29 is 9.72 Å². The second kappa shape index (κ2) is 7.89. The van der Waals surface area contributed by atoms with Gasteiger partial charge in [0.05, 0.1) is 10.5 Å². The molecule has 1 aliphatic rings. The van der Waals surface area contributed by atoms with Crippen LogP contribution in [-0.2, 0) is 0 Å². The third-order valence-electron chi connectivity index (χ3n) is 3.96. The summed E-state index contributed by atoms with van der Waals surface area (Å²) in [5.74, 6) is 0.356. The molecule has 0 spiro atoms. The van der Waals surface area contributed by atoms with Crippen molar-refractivity contribution in [3.05, 3.63) is 38.3 Å². The molecule has 1 fully saturated rings. The highest BCUT2D eigenvalue weighted by molar-refractivity contribution is 9.10. The Morgan fingerprint density at radius 1 is 1.45 bits per heavy atom. The van der Waals surface area contributed by atoms with Crippen molar-refractivity contribution in [1.82, 2.24) is 4.90 Å². The number of nitro groups is 1. The highest BCUT2D eigenvalue weighted by atomic mass is 79.9. The van der Waals surface area contributed by atoms with E-state index in [2.05, 4.69) is 15.9 Å². The first kappa shape index (κ1) is 18.9. The number of nitrogens with zero attached hydrogens (tertiary/aromatic N) is 2. The van der Waals surface area contributed by atoms with E-state index in [0.29, 0.717) is 29.0 Å². The smallest absolute Gasteiger partial charge is 0.270 e. The number of piperidine rings is 1. The quantitative estimate of drug-likeness (QED) is 0.632. The van der Waals surface area contributed by atoms with Crippen LogP contribution in [0, 0.1) is 16.0 Å². The zero-order valence-corrected chi connectivity index (χ0v) is 14.6. The van der Waals surface area contributed by atoms with Gasteiger partial charge in [-0.25, -0.2) is 0 Å². The second-order valence-electron chi connectivity index (χ2n) is 5.41. The fraction of sp³-hybridized carbons (Fsp3) is 0.500. The van der Waals surface area contributed by atoms with Crippen molar-refractivity contribution in [3.63, 3.8) is 0 Å². The Labute approximate surface area is 143 Å². The third kappa shape index (κ3) is 4.18. The Morgan fingerprint density at radius 2 is 2.05 bits per heavy atom. The van der Waals surface area contributed by atoms with Gasteiger partial charge in [0.1, 0.15) is 0 Å². The van der Waals surface area contributed by atoms with Crippen LogP contribution in [0.3, 0.4) is 0 Å². The molecular weight excluding hydrogens is 374 g/mol. The minimum absolute atomic E-state index is 0. The summed E-state index contributed by atoms with van der Waals surface area (Å²) in [5.41, 5.74) is 6.32. The normalized spacial score (nSPS) is 16.8. The van der Waals surface area contributed by atoms with Gasteiger partial charge < -0.3 is 10.6 Å². The summed E-state index contributed by atoms with van der Waals surface area (Å²) in [6.45, 7) is 3.35. The van der Waals surface area contributed by atoms with Gasteiger partial charge in [-0.2, -0.15) is 0 Å².